The van der Waals surface area contributed by atoms with Crippen LogP contribution in [-0.2, 0) is 9.53 Å². The molecule has 10 atom stereocenters. The molecule has 5 rings (SSSR count). The third kappa shape index (κ3) is 3.34. The van der Waals surface area contributed by atoms with Crippen LogP contribution in [-0.4, -0.2) is 60.9 Å². The smallest absolute Gasteiger partial charge is 0.335 e. The zero-order valence-electron chi connectivity index (χ0n) is 22.7. The molecule has 5 aliphatic rings. The van der Waals surface area contributed by atoms with Crippen LogP contribution >= 0.6 is 23.1 Å². The lowest BCUT2D eigenvalue weighted by atomic mass is 9.61. The molecule has 0 aromatic rings. The van der Waals surface area contributed by atoms with Gasteiger partial charge in [0, 0.05) is 22.0 Å². The van der Waals surface area contributed by atoms with E-state index >= 15 is 0 Å². The molecule has 2 heterocycles. The van der Waals surface area contributed by atoms with Crippen LogP contribution in [0.3, 0.4) is 0 Å². The van der Waals surface area contributed by atoms with Gasteiger partial charge >= 0.3 is 5.97 Å². The fourth-order valence-electron chi connectivity index (χ4n) is 8.53. The lowest BCUT2D eigenvalue weighted by Gasteiger charge is -2.52. The first kappa shape index (κ1) is 27.0. The van der Waals surface area contributed by atoms with Crippen molar-refractivity contribution in [2.24, 2.45) is 34.0 Å². The minimum absolute atomic E-state index is 0.0458. The molecule has 1 saturated carbocycles. The third-order valence-electron chi connectivity index (χ3n) is 10.6. The summed E-state index contributed by atoms with van der Waals surface area (Å²) in [4.78, 5) is 13.8. The number of aliphatic hydroxyl groups excluding tert-OH is 2. The Labute approximate surface area is 224 Å². The van der Waals surface area contributed by atoms with E-state index in [9.17, 15) is 20.1 Å². The highest BCUT2D eigenvalue weighted by Gasteiger charge is 2.75. The van der Waals surface area contributed by atoms with Crippen molar-refractivity contribution < 1.29 is 24.9 Å². The van der Waals surface area contributed by atoms with E-state index < -0.39 is 44.2 Å². The lowest BCUT2D eigenvalue weighted by molar-refractivity contribution is -0.184. The van der Waals surface area contributed by atoms with Crippen LogP contribution in [0.2, 0.25) is 0 Å². The van der Waals surface area contributed by atoms with Crippen LogP contribution in [0.1, 0.15) is 74.1 Å². The van der Waals surface area contributed by atoms with Crippen molar-refractivity contribution in [3.63, 3.8) is 0 Å². The van der Waals surface area contributed by atoms with E-state index in [0.29, 0.717) is 16.7 Å². The van der Waals surface area contributed by atoms with Gasteiger partial charge in [-0.25, -0.2) is 4.79 Å². The van der Waals surface area contributed by atoms with Gasteiger partial charge in [0.2, 0.25) is 0 Å². The van der Waals surface area contributed by atoms with Crippen LogP contribution in [0.25, 0.3) is 0 Å². The number of esters is 1. The van der Waals surface area contributed by atoms with Gasteiger partial charge in [0.15, 0.2) is 6.10 Å². The average Bonchev–Trinajstić information content (AvgIpc) is 3.27. The molecular weight excluding hydrogens is 492 g/mol. The summed E-state index contributed by atoms with van der Waals surface area (Å²) in [5.74, 6) is -0.399. The molecule has 3 aliphatic carbocycles. The monoisotopic (exact) mass is 536 g/mol. The van der Waals surface area contributed by atoms with E-state index in [1.807, 2.05) is 19.9 Å². The number of rotatable bonds is 3. The first-order valence-electron chi connectivity index (χ1n) is 13.5. The minimum Gasteiger partial charge on any atom is -0.451 e. The topological polar surface area (TPSA) is 87.0 Å². The Morgan fingerprint density at radius 1 is 1.25 bits per heavy atom. The van der Waals surface area contributed by atoms with E-state index in [0.717, 1.165) is 36.8 Å². The molecule has 0 aromatic carbocycles. The van der Waals surface area contributed by atoms with Crippen molar-refractivity contribution in [1.29, 1.82) is 0 Å². The summed E-state index contributed by atoms with van der Waals surface area (Å²) in [6.45, 7) is 14.6. The second kappa shape index (κ2) is 8.45. The maximum Gasteiger partial charge on any atom is 0.335 e. The number of hydrogen-bond donors (Lipinski definition) is 4. The van der Waals surface area contributed by atoms with Crippen LogP contribution in [0.5, 0.6) is 0 Å². The van der Waals surface area contributed by atoms with E-state index in [1.54, 1.807) is 0 Å². The Morgan fingerprint density at radius 3 is 2.53 bits per heavy atom. The van der Waals surface area contributed by atoms with Gasteiger partial charge in [-0.1, -0.05) is 51.6 Å². The number of ether oxygens (including phenoxy) is 1. The minimum atomic E-state index is -1.64. The van der Waals surface area contributed by atoms with Crippen LogP contribution in [0.4, 0.5) is 0 Å². The van der Waals surface area contributed by atoms with Crippen molar-refractivity contribution in [3.05, 3.63) is 22.8 Å². The highest BCUT2D eigenvalue weighted by molar-refractivity contribution is 8.16. The van der Waals surface area contributed by atoms with Gasteiger partial charge in [0.25, 0.3) is 0 Å². The molecule has 3 N–H and O–H groups in total. The maximum absolute atomic E-state index is 13.8. The summed E-state index contributed by atoms with van der Waals surface area (Å²) >= 11 is 4.96. The van der Waals surface area contributed by atoms with Gasteiger partial charge in [-0.3, -0.25) is 0 Å². The Balaban J connectivity index is 1.62. The van der Waals surface area contributed by atoms with Crippen molar-refractivity contribution >= 4 is 34.4 Å². The molecule has 36 heavy (non-hydrogen) atoms. The molecule has 202 valence electrons. The SMILES string of the molecule is CC1=CC23C(C)CC4C(S(=CC(CO)C(S)C2(O)C1OC(=O)C1=C(C)CCCC1(C)C)C3O)C4(C)C. The summed E-state index contributed by atoms with van der Waals surface area (Å²) < 4.78 is 6.30. The second-order valence-corrected chi connectivity index (χ2v) is 16.1. The predicted octanol–water partition coefficient (Wildman–Crippen LogP) is 4.48. The molecule has 2 fully saturated rings. The molecule has 2 bridgehead atoms. The van der Waals surface area contributed by atoms with Gasteiger partial charge in [0.05, 0.1) is 12.0 Å². The first-order valence-corrected chi connectivity index (χ1v) is 15.4. The summed E-state index contributed by atoms with van der Waals surface area (Å²) in [5, 5.41) is 37.1. The molecule has 5 nitrogen and oxygen atoms in total. The quantitative estimate of drug-likeness (QED) is 0.185. The molecule has 0 aromatic heterocycles. The number of fused-ring (bicyclic) bond motifs is 3. The van der Waals surface area contributed by atoms with E-state index in [4.69, 9.17) is 17.4 Å². The van der Waals surface area contributed by atoms with Crippen molar-refractivity contribution in [1.82, 2.24) is 0 Å². The van der Waals surface area contributed by atoms with Crippen LogP contribution < -0.4 is 0 Å². The number of thiol groups is 1. The third-order valence-corrected chi connectivity index (χ3v) is 14.5. The first-order chi connectivity index (χ1) is 16.7. The van der Waals surface area contributed by atoms with E-state index in [-0.39, 0.29) is 29.3 Å². The van der Waals surface area contributed by atoms with E-state index in [2.05, 4.69) is 40.0 Å². The lowest BCUT2D eigenvalue weighted by Crippen LogP contribution is -2.65. The molecule has 1 spiro atoms. The normalized spacial score (nSPS) is 48.6. The molecule has 0 radical (unpaired) electrons. The van der Waals surface area contributed by atoms with Crippen LogP contribution in [0, 0.1) is 34.0 Å². The zero-order valence-corrected chi connectivity index (χ0v) is 24.5. The Morgan fingerprint density at radius 2 is 1.92 bits per heavy atom. The highest BCUT2D eigenvalue weighted by atomic mass is 32.2. The van der Waals surface area contributed by atoms with Crippen molar-refractivity contribution in [2.45, 2.75) is 102 Å². The standard InChI is InChI=1S/C29H44O5S2/c1-15-9-8-10-26(4,5)20(15)24(31)34-21-16(2)12-28-17(3)11-19-23(27(19,6)7)36(25(28)32)14-18(13-30)22(35)29(21,28)33/h12,14,17-19,21-23,25,30,32-33,35H,8-11,13H2,1-7H3. The fraction of sp³-hybridized carbons (Fsp3) is 0.793. The zero-order chi connectivity index (χ0) is 26.6. The largest absolute Gasteiger partial charge is 0.451 e. The summed E-state index contributed by atoms with van der Waals surface area (Å²) in [5.41, 5.74) is -1.14. The van der Waals surface area contributed by atoms with E-state index in [1.165, 1.54) is 0 Å². The average molecular weight is 537 g/mol. The molecule has 2 aliphatic heterocycles. The number of allylic oxidation sites excluding steroid dienone is 1. The number of carbonyl (C=O) groups excluding carboxylic acids is 1. The van der Waals surface area contributed by atoms with Gasteiger partial charge in [-0.15, -0.1) is 0 Å². The van der Waals surface area contributed by atoms with Crippen molar-refractivity contribution in [3.8, 4) is 0 Å². The Hall–Kier alpha value is -0.600. The molecule has 1 saturated heterocycles. The van der Waals surface area contributed by atoms with Crippen molar-refractivity contribution in [2.75, 3.05) is 6.61 Å². The molecule has 0 amide bonds. The summed E-state index contributed by atoms with van der Waals surface area (Å²) in [6.07, 6.45) is 4.80. The predicted molar refractivity (Wildman–Crippen MR) is 149 cm³/mol. The molecule has 7 heteroatoms. The van der Waals surface area contributed by atoms with Gasteiger partial charge in [0.1, 0.15) is 11.0 Å². The van der Waals surface area contributed by atoms with Crippen LogP contribution in [0.15, 0.2) is 22.8 Å². The Bertz CT molecular complexity index is 1070. The number of hydrogen-bond acceptors (Lipinski definition) is 6. The number of carbonyl (C=O) groups is 1. The number of aliphatic hydroxyl groups is 3. The highest BCUT2D eigenvalue weighted by Crippen LogP contribution is 2.74. The summed E-state index contributed by atoms with van der Waals surface area (Å²) in [7, 11) is -0.529. The fourth-order valence-corrected chi connectivity index (χ4v) is 13.0. The van der Waals surface area contributed by atoms with Gasteiger partial charge in [-0.2, -0.15) is 23.1 Å². The Kier molecular flexibility index (Phi) is 6.33. The summed E-state index contributed by atoms with van der Waals surface area (Å²) in [6, 6.07) is 0. The maximum atomic E-state index is 13.8. The molecular formula is C29H44O5S2. The van der Waals surface area contributed by atoms with Gasteiger partial charge < -0.3 is 20.1 Å². The van der Waals surface area contributed by atoms with Gasteiger partial charge in [-0.05, 0) is 67.8 Å². The molecule has 10 unspecified atom stereocenters. The second-order valence-electron chi connectivity index (χ2n) is 13.5.